The van der Waals surface area contributed by atoms with Crippen LogP contribution in [-0.2, 0) is 22.7 Å². The normalized spacial score (nSPS) is 13.0. The standard InChI is InChI=1S/C28H37N7O2/c1-20(2)8-7-13-29-26(36)17-34(25-14-22(12-11-21(25)3)28-30-19-31-32-28)18-27(37)33(4)35-15-23-9-5-6-10-24(23)16-35/h5-6,9-12,14,19-20H,7-8,13,15-18H2,1-4H3,(H,29,36)(H,30,31,32). The van der Waals surface area contributed by atoms with Gasteiger partial charge in [0.2, 0.25) is 5.91 Å². The first-order valence-electron chi connectivity index (χ1n) is 12.9. The van der Waals surface area contributed by atoms with Gasteiger partial charge in [-0.2, -0.15) is 5.10 Å². The first-order valence-corrected chi connectivity index (χ1v) is 12.9. The number of likely N-dealkylation sites (N-methyl/N-ethyl adjacent to an activating group) is 1. The molecule has 2 heterocycles. The van der Waals surface area contributed by atoms with Crippen LogP contribution < -0.4 is 10.2 Å². The predicted molar refractivity (Wildman–Crippen MR) is 144 cm³/mol. The van der Waals surface area contributed by atoms with Gasteiger partial charge in [-0.05, 0) is 48.4 Å². The molecule has 9 heteroatoms. The van der Waals surface area contributed by atoms with Gasteiger partial charge in [0.25, 0.3) is 5.91 Å². The largest absolute Gasteiger partial charge is 0.355 e. The quantitative estimate of drug-likeness (QED) is 0.389. The number of carbonyl (C=O) groups is 2. The van der Waals surface area contributed by atoms with Crippen molar-refractivity contribution in [2.45, 2.75) is 46.7 Å². The number of hydrogen-bond donors (Lipinski definition) is 2. The van der Waals surface area contributed by atoms with Crippen molar-refractivity contribution in [2.24, 2.45) is 5.92 Å². The van der Waals surface area contributed by atoms with E-state index in [0.29, 0.717) is 31.4 Å². The van der Waals surface area contributed by atoms with Crippen molar-refractivity contribution in [3.8, 4) is 11.4 Å². The van der Waals surface area contributed by atoms with Gasteiger partial charge in [-0.15, -0.1) is 0 Å². The Morgan fingerprint density at radius 2 is 1.84 bits per heavy atom. The van der Waals surface area contributed by atoms with Crippen LogP contribution in [0, 0.1) is 12.8 Å². The second-order valence-electron chi connectivity index (χ2n) is 10.1. The van der Waals surface area contributed by atoms with Crippen molar-refractivity contribution in [3.05, 3.63) is 65.5 Å². The van der Waals surface area contributed by atoms with Gasteiger partial charge in [-0.1, -0.05) is 50.2 Å². The number of fused-ring (bicyclic) bond motifs is 1. The number of nitrogens with one attached hydrogen (secondary N) is 2. The summed E-state index contributed by atoms with van der Waals surface area (Å²) in [6.07, 6.45) is 3.45. The maximum Gasteiger partial charge on any atom is 0.256 e. The van der Waals surface area contributed by atoms with E-state index < -0.39 is 0 Å². The number of carbonyl (C=O) groups excluding carboxylic acids is 2. The molecule has 0 radical (unpaired) electrons. The highest BCUT2D eigenvalue weighted by Crippen LogP contribution is 2.27. The number of amides is 2. The number of hydrogen-bond acceptors (Lipinski definition) is 6. The van der Waals surface area contributed by atoms with Crippen molar-refractivity contribution in [2.75, 3.05) is 31.6 Å². The topological polar surface area (TPSA) is 97.5 Å². The van der Waals surface area contributed by atoms with Gasteiger partial charge in [0.1, 0.15) is 6.33 Å². The molecule has 1 aliphatic heterocycles. The van der Waals surface area contributed by atoms with Crippen molar-refractivity contribution < 1.29 is 9.59 Å². The summed E-state index contributed by atoms with van der Waals surface area (Å²) in [6, 6.07) is 14.1. The molecule has 0 saturated carbocycles. The lowest BCUT2D eigenvalue weighted by atomic mass is 10.1. The van der Waals surface area contributed by atoms with E-state index in [1.807, 2.05) is 47.2 Å². The van der Waals surface area contributed by atoms with Gasteiger partial charge in [0, 0.05) is 37.9 Å². The van der Waals surface area contributed by atoms with Crippen LogP contribution in [0.2, 0.25) is 0 Å². The number of anilines is 1. The highest BCUT2D eigenvalue weighted by molar-refractivity contribution is 5.87. The average Bonchev–Trinajstić information content (AvgIpc) is 3.56. The second kappa shape index (κ2) is 12.0. The van der Waals surface area contributed by atoms with Crippen LogP contribution in [0.3, 0.4) is 0 Å². The Morgan fingerprint density at radius 3 is 2.49 bits per heavy atom. The van der Waals surface area contributed by atoms with E-state index >= 15 is 0 Å². The summed E-state index contributed by atoms with van der Waals surface area (Å²) in [7, 11) is 1.80. The first-order chi connectivity index (χ1) is 17.8. The summed E-state index contributed by atoms with van der Waals surface area (Å²) in [5.41, 5.74) is 5.10. The fraction of sp³-hybridized carbons (Fsp3) is 0.429. The Labute approximate surface area is 218 Å². The number of aryl methyl sites for hydroxylation is 1. The number of hydrazine groups is 1. The molecule has 1 aromatic heterocycles. The van der Waals surface area contributed by atoms with E-state index in [2.05, 4.69) is 46.5 Å². The second-order valence-corrected chi connectivity index (χ2v) is 10.1. The van der Waals surface area contributed by atoms with Gasteiger partial charge in [0.05, 0.1) is 13.1 Å². The third-order valence-corrected chi connectivity index (χ3v) is 6.79. The highest BCUT2D eigenvalue weighted by Gasteiger charge is 2.27. The lowest BCUT2D eigenvalue weighted by Gasteiger charge is -2.32. The first kappa shape index (κ1) is 26.3. The van der Waals surface area contributed by atoms with Crippen molar-refractivity contribution >= 4 is 17.5 Å². The van der Waals surface area contributed by atoms with E-state index in [-0.39, 0.29) is 24.9 Å². The SMILES string of the molecule is Cc1ccc(-c2ncn[nH]2)cc1N(CC(=O)NCCCC(C)C)CC(=O)N(C)N1Cc2ccccc2C1. The number of H-pyrrole nitrogens is 1. The van der Waals surface area contributed by atoms with Gasteiger partial charge in [-0.25, -0.2) is 9.99 Å². The average molecular weight is 504 g/mol. The Kier molecular flexibility index (Phi) is 8.55. The number of benzene rings is 2. The molecule has 196 valence electrons. The fourth-order valence-corrected chi connectivity index (χ4v) is 4.59. The van der Waals surface area contributed by atoms with Crippen LogP contribution in [0.5, 0.6) is 0 Å². The lowest BCUT2D eigenvalue weighted by molar-refractivity contribution is -0.145. The Morgan fingerprint density at radius 1 is 1.11 bits per heavy atom. The van der Waals surface area contributed by atoms with Crippen LogP contribution in [0.15, 0.2) is 48.8 Å². The minimum absolute atomic E-state index is 0.0729. The summed E-state index contributed by atoms with van der Waals surface area (Å²) >= 11 is 0. The maximum absolute atomic E-state index is 13.5. The number of nitrogens with zero attached hydrogens (tertiary/aromatic N) is 5. The minimum atomic E-state index is -0.0998. The zero-order chi connectivity index (χ0) is 26.4. The van der Waals surface area contributed by atoms with E-state index in [1.165, 1.54) is 17.5 Å². The molecule has 0 fully saturated rings. The molecule has 0 atom stereocenters. The predicted octanol–water partition coefficient (Wildman–Crippen LogP) is 3.53. The zero-order valence-electron chi connectivity index (χ0n) is 22.2. The van der Waals surface area contributed by atoms with E-state index in [4.69, 9.17) is 0 Å². The molecule has 0 aliphatic carbocycles. The van der Waals surface area contributed by atoms with Crippen molar-refractivity contribution in [1.29, 1.82) is 0 Å². The monoisotopic (exact) mass is 503 g/mol. The van der Waals surface area contributed by atoms with E-state index in [0.717, 1.165) is 29.7 Å². The zero-order valence-corrected chi connectivity index (χ0v) is 22.2. The van der Waals surface area contributed by atoms with Crippen LogP contribution in [-0.4, -0.2) is 63.7 Å². The molecule has 1 aliphatic rings. The van der Waals surface area contributed by atoms with Crippen LogP contribution in [0.25, 0.3) is 11.4 Å². The highest BCUT2D eigenvalue weighted by atomic mass is 16.2. The molecule has 2 amide bonds. The molecule has 9 nitrogen and oxygen atoms in total. The Balaban J connectivity index is 1.50. The molecule has 37 heavy (non-hydrogen) atoms. The van der Waals surface area contributed by atoms with E-state index in [9.17, 15) is 9.59 Å². The molecule has 0 spiro atoms. The summed E-state index contributed by atoms with van der Waals surface area (Å²) in [5.74, 6) is 1.06. The molecular formula is C28H37N7O2. The van der Waals surface area contributed by atoms with Crippen LogP contribution >= 0.6 is 0 Å². The summed E-state index contributed by atoms with van der Waals surface area (Å²) < 4.78 is 0. The van der Waals surface area contributed by atoms with Crippen molar-refractivity contribution in [3.63, 3.8) is 0 Å². The third-order valence-electron chi connectivity index (χ3n) is 6.79. The smallest absolute Gasteiger partial charge is 0.256 e. The van der Waals surface area contributed by atoms with Gasteiger partial charge in [0.15, 0.2) is 5.82 Å². The van der Waals surface area contributed by atoms with E-state index in [1.54, 1.807) is 12.1 Å². The number of aromatic amines is 1. The lowest BCUT2D eigenvalue weighted by Crippen LogP contribution is -2.48. The van der Waals surface area contributed by atoms with Gasteiger partial charge in [-0.3, -0.25) is 19.7 Å². The van der Waals surface area contributed by atoms with Gasteiger partial charge < -0.3 is 10.2 Å². The minimum Gasteiger partial charge on any atom is -0.355 e. The van der Waals surface area contributed by atoms with Gasteiger partial charge >= 0.3 is 0 Å². The molecule has 0 bridgehead atoms. The number of rotatable bonds is 11. The molecule has 2 N–H and O–H groups in total. The third kappa shape index (κ3) is 6.74. The fourth-order valence-electron chi connectivity index (χ4n) is 4.59. The summed E-state index contributed by atoms with van der Waals surface area (Å²) in [6.45, 7) is 8.50. The molecule has 0 saturated heterocycles. The summed E-state index contributed by atoms with van der Waals surface area (Å²) in [5, 5.41) is 13.6. The van der Waals surface area contributed by atoms with Crippen LogP contribution in [0.1, 0.15) is 43.4 Å². The molecular weight excluding hydrogens is 466 g/mol. The maximum atomic E-state index is 13.5. The molecule has 3 aromatic rings. The Hall–Kier alpha value is -3.72. The van der Waals surface area contributed by atoms with Crippen LogP contribution in [0.4, 0.5) is 5.69 Å². The Bertz CT molecular complexity index is 1180. The molecule has 4 rings (SSSR count). The molecule has 2 aromatic carbocycles. The summed E-state index contributed by atoms with van der Waals surface area (Å²) in [4.78, 5) is 32.5. The van der Waals surface area contributed by atoms with Crippen molar-refractivity contribution in [1.82, 2.24) is 30.5 Å². The number of aromatic nitrogens is 3. The molecule has 0 unspecified atom stereocenters.